The topological polar surface area (TPSA) is 52.3 Å². The molecule has 0 unspecified atom stereocenters. The van der Waals surface area contributed by atoms with Crippen molar-refractivity contribution in [2.24, 2.45) is 17.1 Å². The number of ether oxygens (including phenoxy) is 1. The van der Waals surface area contributed by atoms with Gasteiger partial charge in [-0.1, -0.05) is 26.0 Å². The van der Waals surface area contributed by atoms with Crippen LogP contribution < -0.4 is 5.73 Å². The third kappa shape index (κ3) is 1.95. The minimum Gasteiger partial charge on any atom is -0.465 e. The molecule has 92 valence electrons. The smallest absolute Gasteiger partial charge is 0.337 e. The molecule has 0 bridgehead atoms. The maximum atomic E-state index is 11.5. The molecule has 1 fully saturated rings. The van der Waals surface area contributed by atoms with Crippen LogP contribution in [0.4, 0.5) is 0 Å². The first-order chi connectivity index (χ1) is 8.02. The van der Waals surface area contributed by atoms with Gasteiger partial charge in [0.1, 0.15) is 0 Å². The van der Waals surface area contributed by atoms with Gasteiger partial charge in [-0.3, -0.25) is 0 Å². The van der Waals surface area contributed by atoms with Crippen molar-refractivity contribution in [3.05, 3.63) is 35.4 Å². The Morgan fingerprint density at radius 3 is 2.71 bits per heavy atom. The van der Waals surface area contributed by atoms with Crippen LogP contribution >= 0.6 is 0 Å². The van der Waals surface area contributed by atoms with Crippen molar-refractivity contribution in [3.8, 4) is 0 Å². The number of benzene rings is 1. The number of methoxy groups -OCH3 is 1. The van der Waals surface area contributed by atoms with Crippen LogP contribution in [0.25, 0.3) is 0 Å². The molecule has 1 saturated carbocycles. The van der Waals surface area contributed by atoms with Gasteiger partial charge in [0.2, 0.25) is 0 Å². The van der Waals surface area contributed by atoms with Crippen molar-refractivity contribution < 1.29 is 9.53 Å². The lowest BCUT2D eigenvalue weighted by Gasteiger charge is -2.05. The molecule has 1 aliphatic rings. The molecule has 0 aliphatic heterocycles. The Kier molecular flexibility index (Phi) is 2.96. The summed E-state index contributed by atoms with van der Waals surface area (Å²) in [5, 5.41) is 0. The van der Waals surface area contributed by atoms with Crippen LogP contribution in [0.5, 0.6) is 0 Å². The molecule has 1 aromatic rings. The van der Waals surface area contributed by atoms with E-state index >= 15 is 0 Å². The number of carbonyl (C=O) groups is 1. The Hall–Kier alpha value is -1.35. The van der Waals surface area contributed by atoms with Gasteiger partial charge in [0.05, 0.1) is 12.7 Å². The molecule has 0 amide bonds. The molecule has 1 aliphatic carbocycles. The van der Waals surface area contributed by atoms with E-state index in [1.807, 2.05) is 12.1 Å². The summed E-state index contributed by atoms with van der Waals surface area (Å²) >= 11 is 0. The standard InChI is InChI=1S/C14H19NO2/c1-14(2)11(8-15)12(14)9-5-4-6-10(7-9)13(16)17-3/h4-7,11-12H,8,15H2,1-3H3/t11-,12-/m0/s1. The summed E-state index contributed by atoms with van der Waals surface area (Å²) in [6, 6.07) is 7.67. The minimum absolute atomic E-state index is 0.240. The zero-order chi connectivity index (χ0) is 12.6. The first kappa shape index (κ1) is 12.1. The molecule has 0 spiro atoms. The number of hydrogen-bond donors (Lipinski definition) is 1. The van der Waals surface area contributed by atoms with Crippen LogP contribution in [-0.4, -0.2) is 19.6 Å². The molecular weight excluding hydrogens is 214 g/mol. The molecule has 2 N–H and O–H groups in total. The van der Waals surface area contributed by atoms with Crippen molar-refractivity contribution in [3.63, 3.8) is 0 Å². The van der Waals surface area contributed by atoms with Gasteiger partial charge in [-0.15, -0.1) is 0 Å². The van der Waals surface area contributed by atoms with E-state index < -0.39 is 0 Å². The Morgan fingerprint density at radius 2 is 2.18 bits per heavy atom. The third-order valence-corrected chi connectivity index (χ3v) is 3.97. The molecule has 2 rings (SSSR count). The van der Waals surface area contributed by atoms with Crippen molar-refractivity contribution in [2.45, 2.75) is 19.8 Å². The Bertz CT molecular complexity index is 440. The second-order valence-electron chi connectivity index (χ2n) is 5.26. The highest BCUT2D eigenvalue weighted by Gasteiger charge is 2.57. The minimum atomic E-state index is -0.283. The predicted molar refractivity (Wildman–Crippen MR) is 66.8 cm³/mol. The summed E-state index contributed by atoms with van der Waals surface area (Å²) in [6.07, 6.45) is 0. The number of rotatable bonds is 3. The highest BCUT2D eigenvalue weighted by molar-refractivity contribution is 5.89. The van der Waals surface area contributed by atoms with Gasteiger partial charge < -0.3 is 10.5 Å². The van der Waals surface area contributed by atoms with Gasteiger partial charge >= 0.3 is 5.97 Å². The van der Waals surface area contributed by atoms with E-state index in [1.165, 1.54) is 12.7 Å². The Morgan fingerprint density at radius 1 is 1.47 bits per heavy atom. The zero-order valence-corrected chi connectivity index (χ0v) is 10.6. The van der Waals surface area contributed by atoms with E-state index in [-0.39, 0.29) is 11.4 Å². The SMILES string of the molecule is COC(=O)c1cccc([C@H]2[C@H](CN)C2(C)C)c1. The fourth-order valence-corrected chi connectivity index (χ4v) is 2.82. The highest BCUT2D eigenvalue weighted by atomic mass is 16.5. The number of carbonyl (C=O) groups excluding carboxylic acids is 1. The molecular formula is C14H19NO2. The van der Waals surface area contributed by atoms with Gasteiger partial charge in [0.25, 0.3) is 0 Å². The Balaban J connectivity index is 2.27. The van der Waals surface area contributed by atoms with Gasteiger partial charge in [-0.05, 0) is 41.5 Å². The average molecular weight is 233 g/mol. The van der Waals surface area contributed by atoms with Crippen molar-refractivity contribution in [1.82, 2.24) is 0 Å². The van der Waals surface area contributed by atoms with E-state index in [0.717, 1.165) is 0 Å². The van der Waals surface area contributed by atoms with Crippen molar-refractivity contribution in [1.29, 1.82) is 0 Å². The second-order valence-corrected chi connectivity index (χ2v) is 5.26. The van der Waals surface area contributed by atoms with E-state index in [0.29, 0.717) is 23.9 Å². The summed E-state index contributed by atoms with van der Waals surface area (Å²) < 4.78 is 4.73. The average Bonchev–Trinajstić information content (AvgIpc) is 2.90. The number of nitrogens with two attached hydrogens (primary N) is 1. The van der Waals surface area contributed by atoms with E-state index in [9.17, 15) is 4.79 Å². The summed E-state index contributed by atoms with van der Waals surface area (Å²) in [7, 11) is 1.40. The molecule has 2 atom stereocenters. The molecule has 0 saturated heterocycles. The highest BCUT2D eigenvalue weighted by Crippen LogP contribution is 2.63. The summed E-state index contributed by atoms with van der Waals surface area (Å²) in [6.45, 7) is 5.14. The van der Waals surface area contributed by atoms with Gasteiger partial charge in [0, 0.05) is 0 Å². The van der Waals surface area contributed by atoms with Crippen LogP contribution in [0.3, 0.4) is 0 Å². The maximum absolute atomic E-state index is 11.5. The fourth-order valence-electron chi connectivity index (χ4n) is 2.82. The largest absolute Gasteiger partial charge is 0.465 e. The zero-order valence-electron chi connectivity index (χ0n) is 10.6. The molecule has 3 nitrogen and oxygen atoms in total. The first-order valence-corrected chi connectivity index (χ1v) is 5.90. The Labute approximate surface area is 102 Å². The first-order valence-electron chi connectivity index (χ1n) is 5.90. The van der Waals surface area contributed by atoms with E-state index in [4.69, 9.17) is 10.5 Å². The van der Waals surface area contributed by atoms with Crippen LogP contribution in [0.15, 0.2) is 24.3 Å². The predicted octanol–water partition coefficient (Wildman–Crippen LogP) is 2.17. The second kappa shape index (κ2) is 4.15. The van der Waals surface area contributed by atoms with Crippen LogP contribution in [-0.2, 0) is 4.74 Å². The van der Waals surface area contributed by atoms with Gasteiger partial charge in [-0.25, -0.2) is 4.79 Å². The molecule has 1 aromatic carbocycles. The molecule has 0 aromatic heterocycles. The molecule has 0 heterocycles. The monoisotopic (exact) mass is 233 g/mol. The lowest BCUT2D eigenvalue weighted by molar-refractivity contribution is 0.0600. The lowest BCUT2D eigenvalue weighted by Crippen LogP contribution is -2.05. The quantitative estimate of drug-likeness (QED) is 0.814. The van der Waals surface area contributed by atoms with E-state index in [2.05, 4.69) is 19.9 Å². The molecule has 0 radical (unpaired) electrons. The van der Waals surface area contributed by atoms with Crippen molar-refractivity contribution in [2.75, 3.05) is 13.7 Å². The normalized spacial score (nSPS) is 25.4. The third-order valence-electron chi connectivity index (χ3n) is 3.97. The molecule has 3 heteroatoms. The van der Waals surface area contributed by atoms with Gasteiger partial charge in [0.15, 0.2) is 0 Å². The van der Waals surface area contributed by atoms with Crippen molar-refractivity contribution >= 4 is 5.97 Å². The number of hydrogen-bond acceptors (Lipinski definition) is 3. The fraction of sp³-hybridized carbons (Fsp3) is 0.500. The maximum Gasteiger partial charge on any atom is 0.337 e. The summed E-state index contributed by atoms with van der Waals surface area (Å²) in [5.41, 5.74) is 7.81. The summed E-state index contributed by atoms with van der Waals surface area (Å²) in [5.74, 6) is 0.683. The van der Waals surface area contributed by atoms with Crippen LogP contribution in [0.2, 0.25) is 0 Å². The lowest BCUT2D eigenvalue weighted by atomic mass is 10.0. The molecule has 17 heavy (non-hydrogen) atoms. The van der Waals surface area contributed by atoms with Crippen LogP contribution in [0, 0.1) is 11.3 Å². The van der Waals surface area contributed by atoms with Gasteiger partial charge in [-0.2, -0.15) is 0 Å². The van der Waals surface area contributed by atoms with E-state index in [1.54, 1.807) is 6.07 Å². The van der Waals surface area contributed by atoms with Crippen LogP contribution in [0.1, 0.15) is 35.7 Å². The number of esters is 1. The summed E-state index contributed by atoms with van der Waals surface area (Å²) in [4.78, 5) is 11.5.